The van der Waals surface area contributed by atoms with E-state index in [0.29, 0.717) is 5.02 Å². The van der Waals surface area contributed by atoms with Gasteiger partial charge in [-0.25, -0.2) is 4.79 Å². The molecule has 0 spiro atoms. The van der Waals surface area contributed by atoms with Crippen LogP contribution in [-0.2, 0) is 4.79 Å². The predicted octanol–water partition coefficient (Wildman–Crippen LogP) is 1.48. The van der Waals surface area contributed by atoms with E-state index in [1.54, 1.807) is 0 Å². The molecule has 0 aromatic heterocycles. The monoisotopic (exact) mass is 196 g/mol. The maximum absolute atomic E-state index is 10.1. The van der Waals surface area contributed by atoms with Crippen LogP contribution >= 0.6 is 11.6 Å². The van der Waals surface area contributed by atoms with E-state index in [2.05, 4.69) is 5.92 Å². The number of halogens is 1. The molecule has 4 heteroatoms. The van der Waals surface area contributed by atoms with Crippen LogP contribution in [0.3, 0.4) is 0 Å². The Morgan fingerprint density at radius 1 is 1.46 bits per heavy atom. The van der Waals surface area contributed by atoms with Crippen molar-refractivity contribution in [2.24, 2.45) is 0 Å². The fourth-order valence-corrected chi connectivity index (χ4v) is 0.901. The van der Waals surface area contributed by atoms with Crippen molar-refractivity contribution >= 4 is 17.6 Å². The zero-order valence-corrected chi connectivity index (χ0v) is 7.17. The minimum Gasteiger partial charge on any atom is -0.507 e. The number of hydrogen-bond donors (Lipinski definition) is 2. The first-order valence-corrected chi connectivity index (χ1v) is 3.71. The maximum atomic E-state index is 10.1. The van der Waals surface area contributed by atoms with Crippen LogP contribution in [0.25, 0.3) is 0 Å². The summed E-state index contributed by atoms with van der Waals surface area (Å²) in [4.78, 5) is 10.1. The molecule has 0 bridgehead atoms. The molecule has 0 aliphatic carbocycles. The normalized spacial score (nSPS) is 8.69. The molecule has 0 saturated heterocycles. The van der Waals surface area contributed by atoms with Crippen LogP contribution in [-0.4, -0.2) is 16.2 Å². The van der Waals surface area contributed by atoms with Crippen LogP contribution in [0.4, 0.5) is 0 Å². The van der Waals surface area contributed by atoms with Gasteiger partial charge in [-0.15, -0.1) is 0 Å². The second-order valence-corrected chi connectivity index (χ2v) is 2.65. The van der Waals surface area contributed by atoms with Crippen molar-refractivity contribution < 1.29 is 15.0 Å². The molecule has 2 N–H and O–H groups in total. The molecule has 1 aromatic rings. The van der Waals surface area contributed by atoms with Gasteiger partial charge in [0.15, 0.2) is 0 Å². The zero-order valence-electron chi connectivity index (χ0n) is 6.41. The van der Waals surface area contributed by atoms with Crippen molar-refractivity contribution in [3.05, 3.63) is 28.8 Å². The Kier molecular flexibility index (Phi) is 2.78. The molecule has 0 amide bonds. The lowest BCUT2D eigenvalue weighted by molar-refractivity contribution is -0.130. The summed E-state index contributed by atoms with van der Waals surface area (Å²) in [5.41, 5.74) is 0.204. The molecular weight excluding hydrogens is 192 g/mol. The first-order valence-electron chi connectivity index (χ1n) is 3.33. The van der Waals surface area contributed by atoms with Crippen LogP contribution in [0.2, 0.25) is 5.02 Å². The Morgan fingerprint density at radius 2 is 2.15 bits per heavy atom. The first-order chi connectivity index (χ1) is 6.09. The van der Waals surface area contributed by atoms with Gasteiger partial charge in [0.05, 0.1) is 5.56 Å². The van der Waals surface area contributed by atoms with Crippen LogP contribution in [0.1, 0.15) is 5.56 Å². The summed E-state index contributed by atoms with van der Waals surface area (Å²) >= 11 is 5.61. The highest BCUT2D eigenvalue weighted by atomic mass is 35.5. The van der Waals surface area contributed by atoms with Crippen molar-refractivity contribution in [3.63, 3.8) is 0 Å². The van der Waals surface area contributed by atoms with Gasteiger partial charge >= 0.3 is 5.97 Å². The van der Waals surface area contributed by atoms with Crippen LogP contribution in [0.15, 0.2) is 18.2 Å². The highest BCUT2D eigenvalue weighted by Gasteiger charge is 1.98. The fraction of sp³-hybridized carbons (Fsp3) is 0. The smallest absolute Gasteiger partial charge is 0.382 e. The van der Waals surface area contributed by atoms with Crippen molar-refractivity contribution in [1.29, 1.82) is 0 Å². The molecule has 0 aliphatic rings. The molecule has 0 unspecified atom stereocenters. The molecule has 13 heavy (non-hydrogen) atoms. The van der Waals surface area contributed by atoms with Gasteiger partial charge in [-0.05, 0) is 18.2 Å². The lowest BCUT2D eigenvalue weighted by atomic mass is 10.2. The number of phenolic OH excluding ortho intramolecular Hbond substituents is 1. The third-order valence-corrected chi connectivity index (χ3v) is 1.50. The predicted molar refractivity (Wildman–Crippen MR) is 47.6 cm³/mol. The van der Waals surface area contributed by atoms with Crippen LogP contribution < -0.4 is 0 Å². The van der Waals surface area contributed by atoms with Gasteiger partial charge in [-0.3, -0.25) is 0 Å². The van der Waals surface area contributed by atoms with Gasteiger partial charge in [0.1, 0.15) is 5.75 Å². The first kappa shape index (κ1) is 9.43. The summed E-state index contributed by atoms with van der Waals surface area (Å²) < 4.78 is 0. The average Bonchev–Trinajstić information content (AvgIpc) is 2.06. The molecular formula is C9H5ClO3. The third-order valence-electron chi connectivity index (χ3n) is 1.26. The molecule has 66 valence electrons. The van der Waals surface area contributed by atoms with E-state index in [-0.39, 0.29) is 11.3 Å². The molecule has 0 saturated carbocycles. The standard InChI is InChI=1S/C9H5ClO3/c10-7-2-3-8(11)6(5-7)1-4-9(12)13/h2-3,5,11H,(H,12,13). The lowest BCUT2D eigenvalue weighted by Crippen LogP contribution is -1.87. The number of aromatic hydroxyl groups is 1. The summed E-state index contributed by atoms with van der Waals surface area (Å²) in [5.74, 6) is 2.81. The molecule has 0 radical (unpaired) electrons. The number of carboxylic acid groups (broad SMARTS) is 1. The number of rotatable bonds is 0. The second-order valence-electron chi connectivity index (χ2n) is 2.22. The Hall–Kier alpha value is -1.66. The minimum atomic E-state index is -1.25. The quantitative estimate of drug-likeness (QED) is 0.618. The van der Waals surface area contributed by atoms with Crippen molar-refractivity contribution in [2.45, 2.75) is 0 Å². The van der Waals surface area contributed by atoms with E-state index >= 15 is 0 Å². The highest BCUT2D eigenvalue weighted by Crippen LogP contribution is 2.19. The Bertz CT molecular complexity index is 401. The molecule has 0 heterocycles. The molecule has 1 rings (SSSR count). The van der Waals surface area contributed by atoms with Gasteiger partial charge in [0, 0.05) is 10.9 Å². The molecule has 1 aromatic carbocycles. The van der Waals surface area contributed by atoms with Gasteiger partial charge in [-0.2, -0.15) is 0 Å². The van der Waals surface area contributed by atoms with E-state index in [9.17, 15) is 9.90 Å². The Morgan fingerprint density at radius 3 is 2.77 bits per heavy atom. The van der Waals surface area contributed by atoms with Crippen LogP contribution in [0, 0.1) is 11.8 Å². The van der Waals surface area contributed by atoms with E-state index in [4.69, 9.17) is 16.7 Å². The Labute approximate surface area is 79.6 Å². The number of carbonyl (C=O) groups is 1. The SMILES string of the molecule is O=C(O)C#Cc1cc(Cl)ccc1O. The third kappa shape index (κ3) is 2.69. The Balaban J connectivity index is 3.09. The van der Waals surface area contributed by atoms with Crippen molar-refractivity contribution in [2.75, 3.05) is 0 Å². The summed E-state index contributed by atoms with van der Waals surface area (Å²) in [7, 11) is 0. The topological polar surface area (TPSA) is 57.5 Å². The largest absolute Gasteiger partial charge is 0.507 e. The van der Waals surface area contributed by atoms with Gasteiger partial charge < -0.3 is 10.2 Å². The molecule has 0 fully saturated rings. The fourth-order valence-electron chi connectivity index (χ4n) is 0.729. The molecule has 0 aliphatic heterocycles. The van der Waals surface area contributed by atoms with Crippen LogP contribution in [0.5, 0.6) is 5.75 Å². The lowest BCUT2D eigenvalue weighted by Gasteiger charge is -1.95. The number of hydrogen-bond acceptors (Lipinski definition) is 2. The number of phenols is 1. The molecule has 0 atom stereocenters. The van der Waals surface area contributed by atoms with Crippen molar-refractivity contribution in [1.82, 2.24) is 0 Å². The van der Waals surface area contributed by atoms with Gasteiger partial charge in [0.25, 0.3) is 0 Å². The summed E-state index contributed by atoms with van der Waals surface area (Å²) in [6, 6.07) is 4.24. The van der Waals surface area contributed by atoms with Gasteiger partial charge in [-0.1, -0.05) is 17.5 Å². The summed E-state index contributed by atoms with van der Waals surface area (Å²) in [5, 5.41) is 17.8. The van der Waals surface area contributed by atoms with E-state index < -0.39 is 5.97 Å². The average molecular weight is 197 g/mol. The highest BCUT2D eigenvalue weighted by molar-refractivity contribution is 6.30. The zero-order chi connectivity index (χ0) is 9.84. The van der Waals surface area contributed by atoms with E-state index in [0.717, 1.165) is 0 Å². The number of aliphatic carboxylic acids is 1. The number of carboxylic acids is 1. The molecule has 3 nitrogen and oxygen atoms in total. The minimum absolute atomic E-state index is 0.0850. The summed E-state index contributed by atoms with van der Waals surface area (Å²) in [6.45, 7) is 0. The summed E-state index contributed by atoms with van der Waals surface area (Å²) in [6.07, 6.45) is 0. The van der Waals surface area contributed by atoms with E-state index in [1.165, 1.54) is 18.2 Å². The van der Waals surface area contributed by atoms with Gasteiger partial charge in [0.2, 0.25) is 0 Å². The van der Waals surface area contributed by atoms with E-state index in [1.807, 2.05) is 5.92 Å². The number of benzene rings is 1. The second kappa shape index (κ2) is 3.83. The maximum Gasteiger partial charge on any atom is 0.382 e. The van der Waals surface area contributed by atoms with Crippen molar-refractivity contribution in [3.8, 4) is 17.6 Å².